The summed E-state index contributed by atoms with van der Waals surface area (Å²) in [5.74, 6) is 1.49. The topological polar surface area (TPSA) is 87.4 Å². The van der Waals surface area contributed by atoms with Crippen molar-refractivity contribution in [1.29, 1.82) is 0 Å². The van der Waals surface area contributed by atoms with Crippen molar-refractivity contribution < 1.29 is 14.3 Å². The molecule has 1 aromatic heterocycles. The first-order chi connectivity index (χ1) is 14.7. The number of hydrogen-bond donors (Lipinski definition) is 2. The fourth-order valence-electron chi connectivity index (χ4n) is 4.29. The molecule has 3 aromatic rings. The molecule has 0 atom stereocenters. The van der Waals surface area contributed by atoms with Gasteiger partial charge in [-0.3, -0.25) is 9.69 Å². The molecule has 2 aliphatic heterocycles. The summed E-state index contributed by atoms with van der Waals surface area (Å²) < 4.78 is 10.7. The number of carbonyl (C=O) groups excluding carboxylic acids is 1. The molecule has 2 aromatic carbocycles. The highest BCUT2D eigenvalue weighted by atomic mass is 35.5. The first-order valence-corrected chi connectivity index (χ1v) is 10.2. The van der Waals surface area contributed by atoms with Gasteiger partial charge in [0.2, 0.25) is 12.6 Å². The van der Waals surface area contributed by atoms with Gasteiger partial charge in [0.25, 0.3) is 0 Å². The first-order valence-electron chi connectivity index (χ1n) is 10.2. The van der Waals surface area contributed by atoms with Gasteiger partial charge in [-0.15, -0.1) is 12.4 Å². The van der Waals surface area contributed by atoms with E-state index in [1.807, 2.05) is 6.07 Å². The maximum absolute atomic E-state index is 13.1. The van der Waals surface area contributed by atoms with Crippen molar-refractivity contribution in [3.8, 4) is 11.5 Å². The van der Waals surface area contributed by atoms with Crippen LogP contribution in [0.5, 0.6) is 11.5 Å². The molecule has 0 aliphatic carbocycles. The van der Waals surface area contributed by atoms with Crippen LogP contribution in [0, 0.1) is 0 Å². The number of aromatic nitrogens is 2. The largest absolute Gasteiger partial charge is 0.454 e. The van der Waals surface area contributed by atoms with Crippen molar-refractivity contribution in [3.63, 3.8) is 0 Å². The predicted molar refractivity (Wildman–Crippen MR) is 118 cm³/mol. The summed E-state index contributed by atoms with van der Waals surface area (Å²) >= 11 is 0. The zero-order chi connectivity index (χ0) is 20.5. The molecule has 2 aliphatic rings. The molecule has 0 spiro atoms. The molecule has 162 valence electrons. The van der Waals surface area contributed by atoms with E-state index in [4.69, 9.17) is 9.47 Å². The van der Waals surface area contributed by atoms with E-state index in [1.165, 1.54) is 5.56 Å². The average molecular weight is 442 g/mol. The van der Waals surface area contributed by atoms with Gasteiger partial charge < -0.3 is 19.4 Å². The number of ether oxygens (including phenoxy) is 2. The summed E-state index contributed by atoms with van der Waals surface area (Å²) in [5, 5.41) is 0. The number of benzene rings is 2. The van der Waals surface area contributed by atoms with Gasteiger partial charge in [0.05, 0.1) is 5.69 Å². The van der Waals surface area contributed by atoms with Gasteiger partial charge in [-0.25, -0.2) is 4.79 Å². The summed E-state index contributed by atoms with van der Waals surface area (Å²) in [6, 6.07) is 15.6. The van der Waals surface area contributed by atoms with Crippen LogP contribution in [-0.2, 0) is 6.54 Å². The lowest BCUT2D eigenvalue weighted by Gasteiger charge is -2.32. The number of nitrogens with one attached hydrogen (secondary N) is 2. The molecular weight excluding hydrogens is 418 g/mol. The average Bonchev–Trinajstić information content (AvgIpc) is 3.40. The fraction of sp³-hybridized carbons (Fsp3) is 0.304. The lowest BCUT2D eigenvalue weighted by molar-refractivity contribution is 0.103. The van der Waals surface area contributed by atoms with Crippen LogP contribution in [0.4, 0.5) is 0 Å². The van der Waals surface area contributed by atoms with E-state index in [2.05, 4.69) is 39.1 Å². The maximum atomic E-state index is 13.1. The van der Waals surface area contributed by atoms with Gasteiger partial charge in [-0.05, 0) is 55.6 Å². The highest BCUT2D eigenvalue weighted by molar-refractivity contribution is 6.08. The zero-order valence-electron chi connectivity index (χ0n) is 16.9. The third-order valence-electron chi connectivity index (χ3n) is 5.91. The Morgan fingerprint density at radius 2 is 1.74 bits per heavy atom. The molecule has 0 saturated carbocycles. The van der Waals surface area contributed by atoms with Crippen LogP contribution in [0.1, 0.15) is 46.1 Å². The van der Waals surface area contributed by atoms with Crippen molar-refractivity contribution in [3.05, 3.63) is 81.5 Å². The molecule has 0 bridgehead atoms. The molecule has 0 unspecified atom stereocenters. The van der Waals surface area contributed by atoms with Crippen LogP contribution in [0.15, 0.2) is 53.3 Å². The Labute approximate surface area is 185 Å². The van der Waals surface area contributed by atoms with E-state index in [9.17, 15) is 9.59 Å². The Balaban J connectivity index is 0.00000231. The second-order valence-electron chi connectivity index (χ2n) is 7.79. The number of hydrogen-bond acceptors (Lipinski definition) is 5. The van der Waals surface area contributed by atoms with Crippen LogP contribution >= 0.6 is 12.4 Å². The third-order valence-corrected chi connectivity index (χ3v) is 5.91. The second-order valence-corrected chi connectivity index (χ2v) is 7.79. The SMILES string of the molecule is Cl.O=C(c1ccc2c(c1)OCO2)c1[nH]c(=O)[nH]c1CN1CCC(c2ccccc2)CC1. The number of carbonyl (C=O) groups is 1. The minimum absolute atomic E-state index is 0. The minimum atomic E-state index is -0.367. The van der Waals surface area contributed by atoms with Crippen molar-refractivity contribution in [1.82, 2.24) is 14.9 Å². The molecule has 31 heavy (non-hydrogen) atoms. The summed E-state index contributed by atoms with van der Waals surface area (Å²) in [6.45, 7) is 2.53. The van der Waals surface area contributed by atoms with Crippen molar-refractivity contribution in [2.75, 3.05) is 19.9 Å². The number of rotatable bonds is 5. The summed E-state index contributed by atoms with van der Waals surface area (Å²) in [4.78, 5) is 32.8. The highest BCUT2D eigenvalue weighted by Crippen LogP contribution is 2.33. The quantitative estimate of drug-likeness (QED) is 0.592. The van der Waals surface area contributed by atoms with Crippen LogP contribution in [-0.4, -0.2) is 40.5 Å². The standard InChI is InChI=1S/C23H23N3O4.ClH/c27-22(17-6-7-19-20(12-17)30-14-29-19)21-18(24-23(28)25-21)13-26-10-8-16(9-11-26)15-4-2-1-3-5-15;/h1-7,12,16H,8-11,13-14H2,(H2,24,25,28);1H. The van der Waals surface area contributed by atoms with E-state index in [-0.39, 0.29) is 30.7 Å². The molecule has 1 saturated heterocycles. The number of aromatic amines is 2. The van der Waals surface area contributed by atoms with Crippen LogP contribution in [0.2, 0.25) is 0 Å². The number of H-pyrrole nitrogens is 2. The van der Waals surface area contributed by atoms with Crippen LogP contribution in [0.25, 0.3) is 0 Å². The van der Waals surface area contributed by atoms with Gasteiger partial charge >= 0.3 is 5.69 Å². The number of halogens is 1. The molecule has 0 amide bonds. The molecule has 2 N–H and O–H groups in total. The first kappa shape index (κ1) is 21.2. The Bertz CT molecular complexity index is 1120. The molecule has 5 rings (SSSR count). The number of piperidine rings is 1. The van der Waals surface area contributed by atoms with E-state index in [1.54, 1.807) is 18.2 Å². The van der Waals surface area contributed by atoms with Crippen molar-refractivity contribution in [2.24, 2.45) is 0 Å². The smallest absolute Gasteiger partial charge is 0.323 e. The molecular formula is C23H24ClN3O4. The van der Waals surface area contributed by atoms with Gasteiger partial charge in [-0.2, -0.15) is 0 Å². The Kier molecular flexibility index (Phi) is 6.15. The number of imidazole rings is 1. The number of fused-ring (bicyclic) bond motifs is 1. The van der Waals surface area contributed by atoms with Gasteiger partial charge in [-0.1, -0.05) is 30.3 Å². The van der Waals surface area contributed by atoms with E-state index < -0.39 is 0 Å². The summed E-state index contributed by atoms with van der Waals surface area (Å²) in [5.41, 5.74) is 2.41. The normalized spacial score (nSPS) is 16.1. The molecule has 8 heteroatoms. The van der Waals surface area contributed by atoms with E-state index >= 15 is 0 Å². The van der Waals surface area contributed by atoms with Crippen molar-refractivity contribution >= 4 is 18.2 Å². The Hall–Kier alpha value is -3.03. The lowest BCUT2D eigenvalue weighted by atomic mass is 9.89. The minimum Gasteiger partial charge on any atom is -0.454 e. The highest BCUT2D eigenvalue weighted by Gasteiger charge is 2.25. The number of ketones is 1. The fourth-order valence-corrected chi connectivity index (χ4v) is 4.29. The number of likely N-dealkylation sites (tertiary alicyclic amines) is 1. The third kappa shape index (κ3) is 4.38. The monoisotopic (exact) mass is 441 g/mol. The summed E-state index contributed by atoms with van der Waals surface area (Å²) in [6.07, 6.45) is 2.12. The molecule has 7 nitrogen and oxygen atoms in total. The molecule has 0 radical (unpaired) electrons. The number of nitrogens with zero attached hydrogens (tertiary/aromatic N) is 1. The van der Waals surface area contributed by atoms with Crippen LogP contribution < -0.4 is 15.2 Å². The van der Waals surface area contributed by atoms with Crippen LogP contribution in [0.3, 0.4) is 0 Å². The summed E-state index contributed by atoms with van der Waals surface area (Å²) in [7, 11) is 0. The lowest BCUT2D eigenvalue weighted by Crippen LogP contribution is -2.33. The van der Waals surface area contributed by atoms with Crippen molar-refractivity contribution in [2.45, 2.75) is 25.3 Å². The Morgan fingerprint density at radius 1 is 1.00 bits per heavy atom. The van der Waals surface area contributed by atoms with E-state index in [0.29, 0.717) is 40.9 Å². The predicted octanol–water partition coefficient (Wildman–Crippen LogP) is 3.46. The zero-order valence-corrected chi connectivity index (χ0v) is 17.7. The molecule has 1 fully saturated rings. The molecule has 3 heterocycles. The van der Waals surface area contributed by atoms with Gasteiger partial charge in [0, 0.05) is 12.1 Å². The van der Waals surface area contributed by atoms with E-state index in [0.717, 1.165) is 25.9 Å². The second kappa shape index (κ2) is 8.99. The maximum Gasteiger partial charge on any atom is 0.323 e. The Morgan fingerprint density at radius 3 is 2.52 bits per heavy atom. The van der Waals surface area contributed by atoms with Gasteiger partial charge in [0.15, 0.2) is 11.5 Å². The van der Waals surface area contributed by atoms with Gasteiger partial charge in [0.1, 0.15) is 5.69 Å².